The maximum Gasteiger partial charge on any atom is 0.228 e. The van der Waals surface area contributed by atoms with E-state index in [9.17, 15) is 9.59 Å². The van der Waals surface area contributed by atoms with Gasteiger partial charge in [-0.2, -0.15) is 4.98 Å². The first-order valence-electron chi connectivity index (χ1n) is 9.10. The molecule has 2 aromatic rings. The molecule has 0 aliphatic carbocycles. The molecule has 0 radical (unpaired) electrons. The standard InChI is InChI=1S/C19H24N4O4/c1-26-12-11-23-13-15(7-8-17(23)24)19(25)20-10-9-16-21-18(22-27-16)14-5-3-2-4-6-14/h2-6,15H,7-13H2,1H3,(H,20,25)/t15-/m1/s1. The number of ether oxygens (including phenoxy) is 1. The van der Waals surface area contributed by atoms with E-state index in [2.05, 4.69) is 15.5 Å². The van der Waals surface area contributed by atoms with Crippen molar-refractivity contribution in [1.29, 1.82) is 0 Å². The Bertz CT molecular complexity index is 762. The summed E-state index contributed by atoms with van der Waals surface area (Å²) in [6.07, 6.45) is 1.43. The molecule has 8 nitrogen and oxygen atoms in total. The Morgan fingerprint density at radius 1 is 1.37 bits per heavy atom. The van der Waals surface area contributed by atoms with Crippen LogP contribution in [0.4, 0.5) is 0 Å². The van der Waals surface area contributed by atoms with Gasteiger partial charge in [-0.25, -0.2) is 0 Å². The molecule has 1 aromatic carbocycles. The molecule has 8 heteroatoms. The van der Waals surface area contributed by atoms with Crippen LogP contribution in [0.15, 0.2) is 34.9 Å². The molecule has 1 atom stereocenters. The topological polar surface area (TPSA) is 97.6 Å². The van der Waals surface area contributed by atoms with Crippen LogP contribution >= 0.6 is 0 Å². The van der Waals surface area contributed by atoms with E-state index in [1.165, 1.54) is 0 Å². The zero-order chi connectivity index (χ0) is 19.1. The van der Waals surface area contributed by atoms with E-state index >= 15 is 0 Å². The van der Waals surface area contributed by atoms with Crippen molar-refractivity contribution >= 4 is 11.8 Å². The molecule has 144 valence electrons. The maximum absolute atomic E-state index is 12.4. The predicted molar refractivity (Wildman–Crippen MR) is 97.6 cm³/mol. The Hall–Kier alpha value is -2.74. The molecule has 2 amide bonds. The van der Waals surface area contributed by atoms with E-state index in [0.29, 0.717) is 57.2 Å². The number of hydrogen-bond acceptors (Lipinski definition) is 6. The largest absolute Gasteiger partial charge is 0.383 e. The second-order valence-corrected chi connectivity index (χ2v) is 6.49. The fraction of sp³-hybridized carbons (Fsp3) is 0.474. The van der Waals surface area contributed by atoms with E-state index in [-0.39, 0.29) is 17.7 Å². The lowest BCUT2D eigenvalue weighted by Crippen LogP contribution is -2.47. The van der Waals surface area contributed by atoms with E-state index in [1.54, 1.807) is 12.0 Å². The van der Waals surface area contributed by atoms with Crippen LogP contribution in [0.2, 0.25) is 0 Å². The number of aromatic nitrogens is 2. The van der Waals surface area contributed by atoms with Gasteiger partial charge in [0.15, 0.2) is 0 Å². The summed E-state index contributed by atoms with van der Waals surface area (Å²) in [5, 5.41) is 6.87. The molecule has 1 saturated heterocycles. The molecular weight excluding hydrogens is 348 g/mol. The van der Waals surface area contributed by atoms with Gasteiger partial charge in [-0.1, -0.05) is 35.5 Å². The van der Waals surface area contributed by atoms with Crippen LogP contribution in [0.25, 0.3) is 11.4 Å². The summed E-state index contributed by atoms with van der Waals surface area (Å²) in [5.41, 5.74) is 0.888. The summed E-state index contributed by atoms with van der Waals surface area (Å²) < 4.78 is 10.3. The molecule has 3 rings (SSSR count). The van der Waals surface area contributed by atoms with Crippen LogP contribution in [-0.4, -0.2) is 60.2 Å². The van der Waals surface area contributed by atoms with Gasteiger partial charge in [0.1, 0.15) is 0 Å². The quantitative estimate of drug-likeness (QED) is 0.750. The van der Waals surface area contributed by atoms with Crippen molar-refractivity contribution in [3.8, 4) is 11.4 Å². The van der Waals surface area contributed by atoms with Gasteiger partial charge < -0.3 is 19.5 Å². The Morgan fingerprint density at radius 3 is 2.96 bits per heavy atom. The summed E-state index contributed by atoms with van der Waals surface area (Å²) in [4.78, 5) is 30.3. The predicted octanol–water partition coefficient (Wildman–Crippen LogP) is 1.28. The number of likely N-dealkylation sites (tertiary alicyclic amines) is 1. The Balaban J connectivity index is 1.45. The van der Waals surface area contributed by atoms with Gasteiger partial charge >= 0.3 is 0 Å². The number of methoxy groups -OCH3 is 1. The molecular formula is C19H24N4O4. The molecule has 1 aromatic heterocycles. The number of carbonyl (C=O) groups is 2. The van der Waals surface area contributed by atoms with Crippen molar-refractivity contribution < 1.29 is 18.8 Å². The molecule has 1 aliphatic heterocycles. The molecule has 1 fully saturated rings. The first-order chi connectivity index (χ1) is 13.2. The van der Waals surface area contributed by atoms with Gasteiger partial charge in [-0.05, 0) is 6.42 Å². The van der Waals surface area contributed by atoms with Crippen LogP contribution in [0, 0.1) is 5.92 Å². The van der Waals surface area contributed by atoms with Gasteiger partial charge in [-0.15, -0.1) is 0 Å². The van der Waals surface area contributed by atoms with Crippen molar-refractivity contribution in [1.82, 2.24) is 20.4 Å². The van der Waals surface area contributed by atoms with Crippen LogP contribution < -0.4 is 5.32 Å². The average molecular weight is 372 g/mol. The normalized spacial score (nSPS) is 17.1. The number of hydrogen-bond donors (Lipinski definition) is 1. The maximum atomic E-state index is 12.4. The minimum atomic E-state index is -0.192. The van der Waals surface area contributed by atoms with Crippen molar-refractivity contribution in [2.45, 2.75) is 19.3 Å². The van der Waals surface area contributed by atoms with Crippen molar-refractivity contribution in [2.24, 2.45) is 5.92 Å². The molecule has 0 unspecified atom stereocenters. The number of rotatable bonds is 8. The summed E-state index contributed by atoms with van der Waals surface area (Å²) in [6.45, 7) is 1.84. The SMILES string of the molecule is COCCN1C[C@H](C(=O)NCCc2nc(-c3ccccc3)no2)CCC1=O. The fourth-order valence-electron chi connectivity index (χ4n) is 3.04. The number of amides is 2. The Kier molecular flexibility index (Phi) is 6.54. The average Bonchev–Trinajstić information content (AvgIpc) is 3.17. The Labute approximate surface area is 157 Å². The molecule has 0 spiro atoms. The van der Waals surface area contributed by atoms with Crippen molar-refractivity contribution in [3.63, 3.8) is 0 Å². The number of benzene rings is 1. The number of carbonyl (C=O) groups excluding carboxylic acids is 2. The second-order valence-electron chi connectivity index (χ2n) is 6.49. The van der Waals surface area contributed by atoms with E-state index in [4.69, 9.17) is 9.26 Å². The summed E-state index contributed by atoms with van der Waals surface area (Å²) >= 11 is 0. The minimum Gasteiger partial charge on any atom is -0.383 e. The second kappa shape index (κ2) is 9.27. The highest BCUT2D eigenvalue weighted by Crippen LogP contribution is 2.18. The van der Waals surface area contributed by atoms with Gasteiger partial charge in [-0.3, -0.25) is 9.59 Å². The minimum absolute atomic E-state index is 0.0484. The van der Waals surface area contributed by atoms with Crippen LogP contribution in [0.5, 0.6) is 0 Å². The highest BCUT2D eigenvalue weighted by molar-refractivity contribution is 5.83. The van der Waals surface area contributed by atoms with E-state index in [1.807, 2.05) is 30.3 Å². The summed E-state index contributed by atoms with van der Waals surface area (Å²) in [5.74, 6) is 0.858. The number of nitrogens with zero attached hydrogens (tertiary/aromatic N) is 3. The Morgan fingerprint density at radius 2 is 2.19 bits per heavy atom. The molecule has 0 saturated carbocycles. The van der Waals surface area contributed by atoms with Gasteiger partial charge in [0.2, 0.25) is 23.5 Å². The highest BCUT2D eigenvalue weighted by Gasteiger charge is 2.29. The van der Waals surface area contributed by atoms with Gasteiger partial charge in [0, 0.05) is 45.1 Å². The lowest BCUT2D eigenvalue weighted by Gasteiger charge is -2.31. The summed E-state index contributed by atoms with van der Waals surface area (Å²) in [7, 11) is 1.60. The van der Waals surface area contributed by atoms with Crippen LogP contribution in [-0.2, 0) is 20.7 Å². The van der Waals surface area contributed by atoms with Crippen LogP contribution in [0.1, 0.15) is 18.7 Å². The van der Waals surface area contributed by atoms with Crippen molar-refractivity contribution in [3.05, 3.63) is 36.2 Å². The lowest BCUT2D eigenvalue weighted by molar-refractivity contribution is -0.138. The third-order valence-corrected chi connectivity index (χ3v) is 4.57. The smallest absolute Gasteiger partial charge is 0.228 e. The van der Waals surface area contributed by atoms with Crippen molar-refractivity contribution in [2.75, 3.05) is 33.4 Å². The third-order valence-electron chi connectivity index (χ3n) is 4.57. The lowest BCUT2D eigenvalue weighted by atomic mass is 9.96. The molecule has 2 heterocycles. The number of piperidine rings is 1. The first kappa shape index (κ1) is 19.0. The monoisotopic (exact) mass is 372 g/mol. The molecule has 0 bridgehead atoms. The first-order valence-corrected chi connectivity index (χ1v) is 9.10. The molecule has 1 aliphatic rings. The van der Waals surface area contributed by atoms with E-state index < -0.39 is 0 Å². The third kappa shape index (κ3) is 5.13. The van der Waals surface area contributed by atoms with Gasteiger partial charge in [0.05, 0.1) is 12.5 Å². The molecule has 27 heavy (non-hydrogen) atoms. The zero-order valence-corrected chi connectivity index (χ0v) is 15.4. The highest BCUT2D eigenvalue weighted by atomic mass is 16.5. The number of nitrogens with one attached hydrogen (secondary N) is 1. The molecule has 1 N–H and O–H groups in total. The fourth-order valence-corrected chi connectivity index (χ4v) is 3.04. The van der Waals surface area contributed by atoms with Crippen LogP contribution in [0.3, 0.4) is 0 Å². The van der Waals surface area contributed by atoms with E-state index in [0.717, 1.165) is 5.56 Å². The van der Waals surface area contributed by atoms with Gasteiger partial charge in [0.25, 0.3) is 0 Å². The zero-order valence-electron chi connectivity index (χ0n) is 15.4. The summed E-state index contributed by atoms with van der Waals surface area (Å²) in [6, 6.07) is 9.58.